The Morgan fingerprint density at radius 1 is 1.55 bits per heavy atom. The van der Waals surface area contributed by atoms with Crippen molar-refractivity contribution in [1.29, 1.82) is 0 Å². The molecule has 0 bridgehead atoms. The molecule has 0 amide bonds. The second-order valence-corrected chi connectivity index (χ2v) is 4.00. The summed E-state index contributed by atoms with van der Waals surface area (Å²) >= 11 is 0. The number of esters is 1. The molecule has 8 heteroatoms. The standard InChI is InChI=1S/C12H14FN5O2/c1-20-12(19)8-6-11(9(13)7-10(8)14)15-2-4-18-5-3-16-17-18/h3,5-7,15H,2,4,14H2,1H3. The monoisotopic (exact) mass is 279 g/mol. The number of benzene rings is 1. The molecule has 1 aromatic carbocycles. The van der Waals surface area contributed by atoms with Crippen molar-refractivity contribution in [1.82, 2.24) is 15.0 Å². The van der Waals surface area contributed by atoms with Gasteiger partial charge in [0.05, 0.1) is 31.1 Å². The van der Waals surface area contributed by atoms with E-state index in [2.05, 4.69) is 20.4 Å². The number of methoxy groups -OCH3 is 1. The zero-order chi connectivity index (χ0) is 14.5. The van der Waals surface area contributed by atoms with Gasteiger partial charge in [-0.3, -0.25) is 4.68 Å². The molecule has 7 nitrogen and oxygen atoms in total. The van der Waals surface area contributed by atoms with Gasteiger partial charge in [-0.05, 0) is 12.1 Å². The third-order valence-corrected chi connectivity index (χ3v) is 2.67. The summed E-state index contributed by atoms with van der Waals surface area (Å²) in [7, 11) is 1.24. The van der Waals surface area contributed by atoms with E-state index >= 15 is 0 Å². The molecule has 20 heavy (non-hydrogen) atoms. The topological polar surface area (TPSA) is 95.1 Å². The van der Waals surface area contributed by atoms with E-state index in [0.717, 1.165) is 6.07 Å². The number of hydrogen-bond acceptors (Lipinski definition) is 6. The van der Waals surface area contributed by atoms with Gasteiger partial charge in [-0.2, -0.15) is 0 Å². The Kier molecular flexibility index (Phi) is 4.14. The van der Waals surface area contributed by atoms with Crippen molar-refractivity contribution in [2.24, 2.45) is 0 Å². The summed E-state index contributed by atoms with van der Waals surface area (Å²) in [5, 5.41) is 10.3. The molecule has 0 aliphatic rings. The highest BCUT2D eigenvalue weighted by Gasteiger charge is 2.14. The Morgan fingerprint density at radius 3 is 3.00 bits per heavy atom. The molecule has 0 saturated carbocycles. The number of nitrogens with two attached hydrogens (primary N) is 1. The summed E-state index contributed by atoms with van der Waals surface area (Å²) in [5.41, 5.74) is 5.92. The summed E-state index contributed by atoms with van der Waals surface area (Å²) in [4.78, 5) is 11.5. The van der Waals surface area contributed by atoms with E-state index < -0.39 is 11.8 Å². The van der Waals surface area contributed by atoms with Crippen LogP contribution in [0.2, 0.25) is 0 Å². The predicted molar refractivity (Wildman–Crippen MR) is 70.7 cm³/mol. The summed E-state index contributed by atoms with van der Waals surface area (Å²) in [6.07, 6.45) is 3.25. The molecule has 0 aliphatic carbocycles. The van der Waals surface area contributed by atoms with E-state index in [0.29, 0.717) is 13.1 Å². The van der Waals surface area contributed by atoms with E-state index in [1.807, 2.05) is 0 Å². The number of halogens is 1. The van der Waals surface area contributed by atoms with Crippen LogP contribution in [0, 0.1) is 5.82 Å². The SMILES string of the molecule is COC(=O)c1cc(NCCn2ccnn2)c(F)cc1N. The van der Waals surface area contributed by atoms with Crippen molar-refractivity contribution in [3.05, 3.63) is 35.9 Å². The number of aromatic nitrogens is 3. The van der Waals surface area contributed by atoms with Gasteiger partial charge in [0.1, 0.15) is 5.82 Å². The number of nitrogen functional groups attached to an aromatic ring is 1. The quantitative estimate of drug-likeness (QED) is 0.623. The molecule has 2 aromatic rings. The van der Waals surface area contributed by atoms with Crippen molar-refractivity contribution >= 4 is 17.3 Å². The zero-order valence-electron chi connectivity index (χ0n) is 10.8. The molecule has 0 fully saturated rings. The van der Waals surface area contributed by atoms with E-state index in [-0.39, 0.29) is 16.9 Å². The Balaban J connectivity index is 2.08. The lowest BCUT2D eigenvalue weighted by molar-refractivity contribution is 0.0602. The Morgan fingerprint density at radius 2 is 2.35 bits per heavy atom. The van der Waals surface area contributed by atoms with Gasteiger partial charge in [0.2, 0.25) is 0 Å². The summed E-state index contributed by atoms with van der Waals surface area (Å²) < 4.78 is 19.9. The molecular formula is C12H14FN5O2. The van der Waals surface area contributed by atoms with Gasteiger partial charge in [-0.25, -0.2) is 9.18 Å². The van der Waals surface area contributed by atoms with Crippen LogP contribution in [0.1, 0.15) is 10.4 Å². The first-order chi connectivity index (χ1) is 9.61. The maximum Gasteiger partial charge on any atom is 0.340 e. The number of nitrogens with zero attached hydrogens (tertiary/aromatic N) is 3. The van der Waals surface area contributed by atoms with Crippen molar-refractivity contribution in [2.75, 3.05) is 24.7 Å². The highest BCUT2D eigenvalue weighted by atomic mass is 19.1. The molecule has 0 radical (unpaired) electrons. The molecule has 1 aromatic heterocycles. The van der Waals surface area contributed by atoms with Gasteiger partial charge in [-0.15, -0.1) is 5.10 Å². The van der Waals surface area contributed by atoms with Crippen LogP contribution >= 0.6 is 0 Å². The van der Waals surface area contributed by atoms with Crippen molar-refractivity contribution in [3.8, 4) is 0 Å². The number of anilines is 2. The number of ether oxygens (including phenoxy) is 1. The largest absolute Gasteiger partial charge is 0.465 e. The lowest BCUT2D eigenvalue weighted by Gasteiger charge is -2.11. The van der Waals surface area contributed by atoms with Crippen LogP contribution < -0.4 is 11.1 Å². The van der Waals surface area contributed by atoms with Gasteiger partial charge in [0.25, 0.3) is 0 Å². The normalized spacial score (nSPS) is 10.3. The molecule has 0 unspecified atom stereocenters. The van der Waals surface area contributed by atoms with Crippen LogP contribution in [0.4, 0.5) is 15.8 Å². The highest BCUT2D eigenvalue weighted by Crippen LogP contribution is 2.22. The third-order valence-electron chi connectivity index (χ3n) is 2.67. The number of carbonyl (C=O) groups is 1. The van der Waals surface area contributed by atoms with Gasteiger partial charge < -0.3 is 15.8 Å². The molecule has 1 heterocycles. The average Bonchev–Trinajstić information content (AvgIpc) is 2.93. The van der Waals surface area contributed by atoms with Crippen molar-refractivity contribution in [2.45, 2.75) is 6.54 Å². The van der Waals surface area contributed by atoms with Crippen LogP contribution in [-0.4, -0.2) is 34.6 Å². The van der Waals surface area contributed by atoms with Crippen LogP contribution in [0.3, 0.4) is 0 Å². The fraction of sp³-hybridized carbons (Fsp3) is 0.250. The van der Waals surface area contributed by atoms with Gasteiger partial charge in [-0.1, -0.05) is 5.21 Å². The first-order valence-electron chi connectivity index (χ1n) is 5.87. The highest BCUT2D eigenvalue weighted by molar-refractivity contribution is 5.96. The number of nitrogens with one attached hydrogen (secondary N) is 1. The number of carbonyl (C=O) groups excluding carboxylic acids is 1. The van der Waals surface area contributed by atoms with Crippen LogP contribution in [0.5, 0.6) is 0 Å². The Bertz CT molecular complexity index is 600. The first kappa shape index (κ1) is 13.8. The molecular weight excluding hydrogens is 265 g/mol. The van der Waals surface area contributed by atoms with Gasteiger partial charge in [0.15, 0.2) is 0 Å². The zero-order valence-corrected chi connectivity index (χ0v) is 10.8. The van der Waals surface area contributed by atoms with E-state index in [1.165, 1.54) is 13.2 Å². The van der Waals surface area contributed by atoms with E-state index in [4.69, 9.17) is 5.73 Å². The van der Waals surface area contributed by atoms with Gasteiger partial charge in [0, 0.05) is 18.4 Å². The lowest BCUT2D eigenvalue weighted by atomic mass is 10.1. The van der Waals surface area contributed by atoms with Crippen LogP contribution in [0.25, 0.3) is 0 Å². The lowest BCUT2D eigenvalue weighted by Crippen LogP contribution is -2.13. The molecule has 3 N–H and O–H groups in total. The summed E-state index contributed by atoms with van der Waals surface area (Å²) in [6, 6.07) is 2.42. The Labute approximate surface area is 114 Å². The fourth-order valence-electron chi connectivity index (χ4n) is 1.67. The average molecular weight is 279 g/mol. The van der Waals surface area contributed by atoms with Crippen molar-refractivity contribution in [3.63, 3.8) is 0 Å². The molecule has 106 valence electrons. The number of hydrogen-bond donors (Lipinski definition) is 2. The molecule has 2 rings (SSSR count). The minimum absolute atomic E-state index is 0.0381. The Hall–Kier alpha value is -2.64. The maximum absolute atomic E-state index is 13.7. The van der Waals surface area contributed by atoms with Crippen LogP contribution in [-0.2, 0) is 11.3 Å². The third kappa shape index (κ3) is 3.02. The van der Waals surface area contributed by atoms with E-state index in [1.54, 1.807) is 17.1 Å². The fourth-order valence-corrected chi connectivity index (χ4v) is 1.67. The minimum atomic E-state index is -0.609. The van der Waals surface area contributed by atoms with Crippen molar-refractivity contribution < 1.29 is 13.9 Å². The molecule has 0 spiro atoms. The summed E-state index contributed by atoms with van der Waals surface area (Å²) in [6.45, 7) is 0.933. The second-order valence-electron chi connectivity index (χ2n) is 4.00. The second kappa shape index (κ2) is 6.00. The van der Waals surface area contributed by atoms with E-state index in [9.17, 15) is 9.18 Å². The molecule has 0 atom stereocenters. The smallest absolute Gasteiger partial charge is 0.340 e. The van der Waals surface area contributed by atoms with Gasteiger partial charge >= 0.3 is 5.97 Å². The predicted octanol–water partition coefficient (Wildman–Crippen LogP) is 0.898. The van der Waals surface area contributed by atoms with Crippen LogP contribution in [0.15, 0.2) is 24.5 Å². The molecule has 0 aliphatic heterocycles. The summed E-state index contributed by atoms with van der Waals surface area (Å²) in [5.74, 6) is -1.14. The number of rotatable bonds is 5. The minimum Gasteiger partial charge on any atom is -0.465 e. The first-order valence-corrected chi connectivity index (χ1v) is 5.87. The molecule has 0 saturated heterocycles. The maximum atomic E-state index is 13.7.